The Morgan fingerprint density at radius 1 is 1.64 bits per heavy atom. The average Bonchev–Trinajstić information content (AvgIpc) is 2.46. The summed E-state index contributed by atoms with van der Waals surface area (Å²) in [6.07, 6.45) is 1.94. The second-order valence-corrected chi connectivity index (χ2v) is 4.38. The minimum Gasteiger partial charge on any atom is -0.392 e. The van der Waals surface area contributed by atoms with E-state index < -0.39 is 6.10 Å². The molecule has 0 aromatic rings. The first kappa shape index (κ1) is 11.4. The molecule has 4 atom stereocenters. The fourth-order valence-corrected chi connectivity index (χ4v) is 2.21. The minimum atomic E-state index is -0.648. The van der Waals surface area contributed by atoms with Gasteiger partial charge in [0.05, 0.1) is 6.10 Å². The van der Waals surface area contributed by atoms with Gasteiger partial charge in [-0.3, -0.25) is 4.79 Å². The van der Waals surface area contributed by atoms with Crippen LogP contribution in [0.25, 0.3) is 0 Å². The summed E-state index contributed by atoms with van der Waals surface area (Å²) in [6.45, 7) is 3.81. The number of ketones is 1. The van der Waals surface area contributed by atoms with Gasteiger partial charge in [0.1, 0.15) is 12.1 Å². The SMILES string of the molecule is CC1CCC(=O)[C@@H]1[C@H](O)[C@H](C)CC=O. The molecule has 1 saturated carbocycles. The summed E-state index contributed by atoms with van der Waals surface area (Å²) in [7, 11) is 0. The van der Waals surface area contributed by atoms with Gasteiger partial charge in [0.25, 0.3) is 0 Å². The number of carbonyl (C=O) groups is 2. The maximum absolute atomic E-state index is 11.5. The number of aliphatic hydroxyl groups is 1. The van der Waals surface area contributed by atoms with Crippen LogP contribution in [-0.2, 0) is 9.59 Å². The number of carbonyl (C=O) groups excluding carboxylic acids is 2. The average molecular weight is 198 g/mol. The Morgan fingerprint density at radius 3 is 2.71 bits per heavy atom. The molecule has 0 bridgehead atoms. The molecule has 0 aromatic carbocycles. The van der Waals surface area contributed by atoms with E-state index in [9.17, 15) is 14.7 Å². The third kappa shape index (κ3) is 2.21. The predicted octanol–water partition coefficient (Wildman–Crippen LogP) is 1.19. The molecule has 0 heterocycles. The monoisotopic (exact) mass is 198 g/mol. The van der Waals surface area contributed by atoms with Crippen LogP contribution in [0.1, 0.15) is 33.1 Å². The van der Waals surface area contributed by atoms with E-state index in [1.807, 2.05) is 13.8 Å². The van der Waals surface area contributed by atoms with Crippen LogP contribution < -0.4 is 0 Å². The maximum atomic E-state index is 11.5. The molecule has 0 aromatic heterocycles. The van der Waals surface area contributed by atoms with Crippen molar-refractivity contribution >= 4 is 12.1 Å². The second-order valence-electron chi connectivity index (χ2n) is 4.38. The molecular formula is C11H18O3. The molecule has 0 saturated heterocycles. The Balaban J connectivity index is 2.62. The van der Waals surface area contributed by atoms with Crippen molar-refractivity contribution in [3.63, 3.8) is 0 Å². The second kappa shape index (κ2) is 4.69. The van der Waals surface area contributed by atoms with Crippen LogP contribution in [0, 0.1) is 17.8 Å². The lowest BCUT2D eigenvalue weighted by molar-refractivity contribution is -0.126. The zero-order chi connectivity index (χ0) is 10.7. The van der Waals surface area contributed by atoms with Crippen LogP contribution in [0.15, 0.2) is 0 Å². The smallest absolute Gasteiger partial charge is 0.138 e. The molecule has 3 heteroatoms. The molecule has 3 nitrogen and oxygen atoms in total. The van der Waals surface area contributed by atoms with E-state index in [1.165, 1.54) is 0 Å². The summed E-state index contributed by atoms with van der Waals surface area (Å²) >= 11 is 0. The minimum absolute atomic E-state index is 0.109. The fraction of sp³-hybridized carbons (Fsp3) is 0.818. The van der Waals surface area contributed by atoms with Crippen molar-refractivity contribution in [2.75, 3.05) is 0 Å². The molecule has 1 unspecified atom stereocenters. The van der Waals surface area contributed by atoms with Crippen molar-refractivity contribution in [3.05, 3.63) is 0 Å². The largest absolute Gasteiger partial charge is 0.392 e. The summed E-state index contributed by atoms with van der Waals surface area (Å²) in [5, 5.41) is 9.91. The molecule has 1 rings (SSSR count). The van der Waals surface area contributed by atoms with E-state index in [0.717, 1.165) is 12.7 Å². The molecule has 1 N–H and O–H groups in total. The highest BCUT2D eigenvalue weighted by Crippen LogP contribution is 2.33. The maximum Gasteiger partial charge on any atom is 0.138 e. The number of Topliss-reactive ketones (excluding diaryl/α,β-unsaturated/α-hetero) is 1. The van der Waals surface area contributed by atoms with E-state index in [0.29, 0.717) is 12.8 Å². The van der Waals surface area contributed by atoms with Crippen LogP contribution in [0.2, 0.25) is 0 Å². The first-order valence-corrected chi connectivity index (χ1v) is 5.22. The number of hydrogen-bond acceptors (Lipinski definition) is 3. The number of aldehydes is 1. The standard InChI is InChI=1S/C11H18O3/c1-7-3-4-9(13)10(7)11(14)8(2)5-6-12/h6-8,10-11,14H,3-5H2,1-2H3/t7?,8-,10-,11-/m1/s1. The quantitative estimate of drug-likeness (QED) is 0.690. The van der Waals surface area contributed by atoms with Gasteiger partial charge in [0.2, 0.25) is 0 Å². The first-order chi connectivity index (χ1) is 6.57. The lowest BCUT2D eigenvalue weighted by Crippen LogP contribution is -2.33. The van der Waals surface area contributed by atoms with Crippen LogP contribution in [0.5, 0.6) is 0 Å². The summed E-state index contributed by atoms with van der Waals surface area (Å²) in [4.78, 5) is 21.8. The van der Waals surface area contributed by atoms with Gasteiger partial charge >= 0.3 is 0 Å². The third-order valence-corrected chi connectivity index (χ3v) is 3.25. The van der Waals surface area contributed by atoms with Gasteiger partial charge in [0.15, 0.2) is 0 Å². The third-order valence-electron chi connectivity index (χ3n) is 3.25. The van der Waals surface area contributed by atoms with E-state index in [4.69, 9.17) is 0 Å². The highest BCUT2D eigenvalue weighted by atomic mass is 16.3. The van der Waals surface area contributed by atoms with Crippen LogP contribution in [-0.4, -0.2) is 23.3 Å². The Hall–Kier alpha value is -0.700. The normalized spacial score (nSPS) is 31.5. The number of rotatable bonds is 4. The first-order valence-electron chi connectivity index (χ1n) is 5.22. The van der Waals surface area contributed by atoms with Gasteiger partial charge in [-0.1, -0.05) is 13.8 Å². The fourth-order valence-electron chi connectivity index (χ4n) is 2.21. The molecule has 1 aliphatic carbocycles. The van der Waals surface area contributed by atoms with Crippen molar-refractivity contribution in [2.45, 2.75) is 39.2 Å². The Labute approximate surface area is 84.5 Å². The van der Waals surface area contributed by atoms with Crippen molar-refractivity contribution in [3.8, 4) is 0 Å². The van der Waals surface area contributed by atoms with E-state index in [-0.39, 0.29) is 23.5 Å². The highest BCUT2D eigenvalue weighted by molar-refractivity contribution is 5.83. The number of hydrogen-bond donors (Lipinski definition) is 1. The molecule has 0 amide bonds. The molecule has 0 radical (unpaired) electrons. The van der Waals surface area contributed by atoms with Gasteiger partial charge in [-0.05, 0) is 18.3 Å². The highest BCUT2D eigenvalue weighted by Gasteiger charge is 2.38. The lowest BCUT2D eigenvalue weighted by Gasteiger charge is -2.25. The summed E-state index contributed by atoms with van der Waals surface area (Å²) in [5.74, 6) is 0.0568. The van der Waals surface area contributed by atoms with Crippen LogP contribution in [0.4, 0.5) is 0 Å². The van der Waals surface area contributed by atoms with Crippen molar-refractivity contribution < 1.29 is 14.7 Å². The topological polar surface area (TPSA) is 54.4 Å². The number of aliphatic hydroxyl groups excluding tert-OH is 1. The molecule has 0 spiro atoms. The van der Waals surface area contributed by atoms with E-state index >= 15 is 0 Å². The van der Waals surface area contributed by atoms with Crippen molar-refractivity contribution in [1.82, 2.24) is 0 Å². The van der Waals surface area contributed by atoms with Gasteiger partial charge in [-0.25, -0.2) is 0 Å². The summed E-state index contributed by atoms with van der Waals surface area (Å²) in [5.41, 5.74) is 0. The van der Waals surface area contributed by atoms with Gasteiger partial charge < -0.3 is 9.90 Å². The Kier molecular flexibility index (Phi) is 3.81. The predicted molar refractivity (Wildman–Crippen MR) is 52.7 cm³/mol. The van der Waals surface area contributed by atoms with Crippen LogP contribution >= 0.6 is 0 Å². The zero-order valence-corrected chi connectivity index (χ0v) is 8.77. The van der Waals surface area contributed by atoms with E-state index in [1.54, 1.807) is 0 Å². The van der Waals surface area contributed by atoms with Gasteiger partial charge in [-0.2, -0.15) is 0 Å². The molecule has 1 aliphatic rings. The zero-order valence-electron chi connectivity index (χ0n) is 8.77. The molecule has 1 fully saturated rings. The van der Waals surface area contributed by atoms with Crippen molar-refractivity contribution in [1.29, 1.82) is 0 Å². The molecule has 14 heavy (non-hydrogen) atoms. The molecule has 80 valence electrons. The summed E-state index contributed by atoms with van der Waals surface area (Å²) < 4.78 is 0. The Morgan fingerprint density at radius 2 is 2.29 bits per heavy atom. The van der Waals surface area contributed by atoms with Gasteiger partial charge in [-0.15, -0.1) is 0 Å². The van der Waals surface area contributed by atoms with Crippen molar-refractivity contribution in [2.24, 2.45) is 17.8 Å². The van der Waals surface area contributed by atoms with E-state index in [2.05, 4.69) is 0 Å². The Bertz CT molecular complexity index is 225. The molecular weight excluding hydrogens is 180 g/mol. The molecule has 0 aliphatic heterocycles. The van der Waals surface area contributed by atoms with Gasteiger partial charge in [0, 0.05) is 18.8 Å². The lowest BCUT2D eigenvalue weighted by atomic mass is 9.84. The van der Waals surface area contributed by atoms with Crippen LogP contribution in [0.3, 0.4) is 0 Å². The summed E-state index contributed by atoms with van der Waals surface area (Å²) in [6, 6.07) is 0.